The third-order valence-corrected chi connectivity index (χ3v) is 4.99. The van der Waals surface area contributed by atoms with Crippen LogP contribution in [0.15, 0.2) is 48.5 Å². The summed E-state index contributed by atoms with van der Waals surface area (Å²) in [6.45, 7) is 1.86. The molecule has 1 saturated heterocycles. The summed E-state index contributed by atoms with van der Waals surface area (Å²) in [5.41, 5.74) is 2.32. The Morgan fingerprint density at radius 3 is 2.40 bits per heavy atom. The molecule has 2 aromatic rings. The summed E-state index contributed by atoms with van der Waals surface area (Å²) in [7, 11) is 0. The van der Waals surface area contributed by atoms with Crippen LogP contribution in [0.5, 0.6) is 0 Å². The lowest BCUT2D eigenvalue weighted by Crippen LogP contribution is -2.21. The molecule has 1 fully saturated rings. The van der Waals surface area contributed by atoms with E-state index in [-0.39, 0.29) is 12.5 Å². The van der Waals surface area contributed by atoms with E-state index in [2.05, 4.69) is 32.8 Å². The second-order valence-corrected chi connectivity index (χ2v) is 7.01. The largest absolute Gasteiger partial charge is 0.452 e. The van der Waals surface area contributed by atoms with Crippen molar-refractivity contribution < 1.29 is 14.3 Å². The number of esters is 1. The van der Waals surface area contributed by atoms with Crippen LogP contribution in [-0.4, -0.2) is 31.6 Å². The van der Waals surface area contributed by atoms with Gasteiger partial charge < -0.3 is 15.0 Å². The lowest BCUT2D eigenvalue weighted by molar-refractivity contribution is -0.119. The van der Waals surface area contributed by atoms with Crippen molar-refractivity contribution in [1.82, 2.24) is 0 Å². The Morgan fingerprint density at radius 1 is 1.04 bits per heavy atom. The zero-order valence-electron chi connectivity index (χ0n) is 13.7. The van der Waals surface area contributed by atoms with E-state index in [1.807, 2.05) is 36.4 Å². The monoisotopic (exact) mass is 450 g/mol. The van der Waals surface area contributed by atoms with Gasteiger partial charge in [-0.3, -0.25) is 4.79 Å². The molecule has 1 aliphatic rings. The number of rotatable bonds is 5. The number of halogens is 1. The summed E-state index contributed by atoms with van der Waals surface area (Å²) < 4.78 is 5.88. The van der Waals surface area contributed by atoms with Gasteiger partial charge in [0.1, 0.15) is 0 Å². The van der Waals surface area contributed by atoms with Crippen LogP contribution in [0.4, 0.5) is 11.4 Å². The van der Waals surface area contributed by atoms with Crippen molar-refractivity contribution >= 4 is 45.8 Å². The number of anilines is 2. The fourth-order valence-electron chi connectivity index (χ4n) is 2.76. The molecule has 130 valence electrons. The second-order valence-electron chi connectivity index (χ2n) is 5.85. The second kappa shape index (κ2) is 8.33. The quantitative estimate of drug-likeness (QED) is 0.558. The van der Waals surface area contributed by atoms with Crippen LogP contribution in [0.1, 0.15) is 23.2 Å². The number of hydrogen-bond acceptors (Lipinski definition) is 4. The van der Waals surface area contributed by atoms with Crippen molar-refractivity contribution in [3.63, 3.8) is 0 Å². The summed E-state index contributed by atoms with van der Waals surface area (Å²) in [6.07, 6.45) is 2.45. The minimum atomic E-state index is -0.496. The maximum Gasteiger partial charge on any atom is 0.339 e. The zero-order chi connectivity index (χ0) is 17.6. The summed E-state index contributed by atoms with van der Waals surface area (Å²) in [5.74, 6) is -0.849. The molecule has 0 radical (unpaired) electrons. The van der Waals surface area contributed by atoms with Gasteiger partial charge in [0.2, 0.25) is 0 Å². The van der Waals surface area contributed by atoms with Crippen LogP contribution in [0.2, 0.25) is 0 Å². The van der Waals surface area contributed by atoms with E-state index in [0.717, 1.165) is 16.7 Å². The number of nitrogens with zero attached hydrogens (tertiary/aromatic N) is 1. The Morgan fingerprint density at radius 2 is 1.72 bits per heavy atom. The SMILES string of the molecule is O=C(COC(=O)c1ccccc1I)Nc1ccc(N2CCCC2)cc1. The number of benzene rings is 2. The molecule has 0 saturated carbocycles. The van der Waals surface area contributed by atoms with E-state index in [1.54, 1.807) is 12.1 Å². The summed E-state index contributed by atoms with van der Waals surface area (Å²) in [6, 6.07) is 14.8. The molecule has 0 atom stereocenters. The van der Waals surface area contributed by atoms with E-state index in [4.69, 9.17) is 4.74 Å². The van der Waals surface area contributed by atoms with Gasteiger partial charge in [-0.2, -0.15) is 0 Å². The van der Waals surface area contributed by atoms with Gasteiger partial charge in [-0.25, -0.2) is 4.79 Å². The molecule has 3 rings (SSSR count). The molecule has 2 aromatic carbocycles. The molecular formula is C19H19IN2O3. The fraction of sp³-hybridized carbons (Fsp3) is 0.263. The minimum Gasteiger partial charge on any atom is -0.452 e. The minimum absolute atomic E-state index is 0.308. The average molecular weight is 450 g/mol. The van der Waals surface area contributed by atoms with Crippen LogP contribution in [0.25, 0.3) is 0 Å². The van der Waals surface area contributed by atoms with Crippen molar-refractivity contribution in [1.29, 1.82) is 0 Å². The average Bonchev–Trinajstić information content (AvgIpc) is 3.15. The molecule has 0 unspecified atom stereocenters. The van der Waals surface area contributed by atoms with E-state index in [9.17, 15) is 9.59 Å². The maximum absolute atomic E-state index is 12.0. The first kappa shape index (κ1) is 17.7. The highest BCUT2D eigenvalue weighted by Crippen LogP contribution is 2.22. The molecule has 0 aromatic heterocycles. The van der Waals surface area contributed by atoms with Gasteiger partial charge in [0.15, 0.2) is 6.61 Å². The molecule has 0 spiro atoms. The van der Waals surface area contributed by atoms with Crippen LogP contribution in [0.3, 0.4) is 0 Å². The van der Waals surface area contributed by atoms with Crippen molar-refractivity contribution in [2.24, 2.45) is 0 Å². The van der Waals surface area contributed by atoms with Gasteiger partial charge in [-0.15, -0.1) is 0 Å². The van der Waals surface area contributed by atoms with Crippen molar-refractivity contribution in [3.05, 3.63) is 57.7 Å². The Labute approximate surface area is 160 Å². The van der Waals surface area contributed by atoms with Gasteiger partial charge in [-0.1, -0.05) is 12.1 Å². The van der Waals surface area contributed by atoms with Gasteiger partial charge in [0.05, 0.1) is 5.56 Å². The van der Waals surface area contributed by atoms with Crippen molar-refractivity contribution in [2.75, 3.05) is 29.9 Å². The number of carbonyl (C=O) groups is 2. The van der Waals surface area contributed by atoms with Crippen LogP contribution in [0, 0.1) is 3.57 Å². The molecule has 1 amide bonds. The zero-order valence-corrected chi connectivity index (χ0v) is 15.9. The third kappa shape index (κ3) is 4.72. The number of ether oxygens (including phenoxy) is 1. The summed E-state index contributed by atoms with van der Waals surface area (Å²) in [4.78, 5) is 26.3. The van der Waals surface area contributed by atoms with Crippen LogP contribution < -0.4 is 10.2 Å². The van der Waals surface area contributed by atoms with Crippen molar-refractivity contribution in [3.8, 4) is 0 Å². The highest BCUT2D eigenvalue weighted by molar-refractivity contribution is 14.1. The fourth-order valence-corrected chi connectivity index (χ4v) is 3.37. The van der Waals surface area contributed by atoms with E-state index < -0.39 is 5.97 Å². The molecule has 1 N–H and O–H groups in total. The first-order chi connectivity index (χ1) is 12.1. The summed E-state index contributed by atoms with van der Waals surface area (Å²) in [5, 5.41) is 2.74. The maximum atomic E-state index is 12.0. The Kier molecular flexibility index (Phi) is 5.91. The molecule has 5 nitrogen and oxygen atoms in total. The number of amides is 1. The Hall–Kier alpha value is -2.09. The lowest BCUT2D eigenvalue weighted by atomic mass is 10.2. The molecule has 1 heterocycles. The van der Waals surface area contributed by atoms with Gasteiger partial charge in [-0.05, 0) is 71.8 Å². The lowest BCUT2D eigenvalue weighted by Gasteiger charge is -2.17. The van der Waals surface area contributed by atoms with Crippen molar-refractivity contribution in [2.45, 2.75) is 12.8 Å². The highest BCUT2D eigenvalue weighted by atomic mass is 127. The predicted octanol–water partition coefficient (Wildman–Crippen LogP) is 3.69. The van der Waals surface area contributed by atoms with E-state index in [0.29, 0.717) is 11.3 Å². The standard InChI is InChI=1S/C19H19IN2O3/c20-17-6-2-1-5-16(17)19(24)25-13-18(23)21-14-7-9-15(10-8-14)22-11-3-4-12-22/h1-2,5-10H,3-4,11-13H2,(H,21,23). The third-order valence-electron chi connectivity index (χ3n) is 4.05. The highest BCUT2D eigenvalue weighted by Gasteiger charge is 2.14. The first-order valence-electron chi connectivity index (χ1n) is 8.20. The Bertz CT molecular complexity index is 756. The first-order valence-corrected chi connectivity index (χ1v) is 9.28. The smallest absolute Gasteiger partial charge is 0.339 e. The normalized spacial score (nSPS) is 13.6. The molecule has 1 aliphatic heterocycles. The molecule has 6 heteroatoms. The predicted molar refractivity (Wildman–Crippen MR) is 106 cm³/mol. The molecule has 0 aliphatic carbocycles. The summed E-state index contributed by atoms with van der Waals surface area (Å²) >= 11 is 2.06. The Balaban J connectivity index is 1.50. The van der Waals surface area contributed by atoms with E-state index in [1.165, 1.54) is 18.5 Å². The van der Waals surface area contributed by atoms with E-state index >= 15 is 0 Å². The molecular weight excluding hydrogens is 431 g/mol. The number of nitrogens with one attached hydrogen (secondary N) is 1. The van der Waals surface area contributed by atoms with Crippen LogP contribution in [-0.2, 0) is 9.53 Å². The van der Waals surface area contributed by atoms with Gasteiger partial charge in [0.25, 0.3) is 5.91 Å². The van der Waals surface area contributed by atoms with Gasteiger partial charge >= 0.3 is 5.97 Å². The molecule has 0 bridgehead atoms. The molecule has 25 heavy (non-hydrogen) atoms. The number of hydrogen-bond donors (Lipinski definition) is 1. The van der Waals surface area contributed by atoms with Gasteiger partial charge in [0, 0.05) is 28.0 Å². The number of carbonyl (C=O) groups excluding carboxylic acids is 2. The topological polar surface area (TPSA) is 58.6 Å². The van der Waals surface area contributed by atoms with Crippen LogP contribution >= 0.6 is 22.6 Å².